The van der Waals surface area contributed by atoms with Gasteiger partial charge in [0.2, 0.25) is 0 Å². The highest BCUT2D eigenvalue weighted by atomic mass is 35.5. The van der Waals surface area contributed by atoms with Gasteiger partial charge in [0.05, 0.1) is 0 Å². The normalized spacial score (nSPS) is 15.3. The van der Waals surface area contributed by atoms with Crippen LogP contribution in [0.15, 0.2) is 54.7 Å². The second kappa shape index (κ2) is 10.3. The first-order chi connectivity index (χ1) is 17.4. The van der Waals surface area contributed by atoms with Gasteiger partial charge in [-0.3, -0.25) is 14.9 Å². The van der Waals surface area contributed by atoms with Crippen molar-refractivity contribution >= 4 is 34.5 Å². The molecule has 0 saturated heterocycles. The number of aromatic amines is 2. The van der Waals surface area contributed by atoms with Crippen LogP contribution >= 0.6 is 11.6 Å². The van der Waals surface area contributed by atoms with E-state index in [1.807, 2.05) is 18.2 Å². The minimum absolute atomic E-state index is 0.321. The van der Waals surface area contributed by atoms with Crippen molar-refractivity contribution < 1.29 is 10.0 Å². The molecule has 2 aromatic heterocycles. The second-order valence-corrected chi connectivity index (χ2v) is 10.1. The van der Waals surface area contributed by atoms with Gasteiger partial charge in [0, 0.05) is 58.7 Å². The monoisotopic (exact) mass is 502 g/mol. The SMILES string of the molecule is Cc1cc(C)c(CN(CCc2c[nH]c3cc(Cl)ccc23)C2CCc3cc(/C=C/C(=O)NO)ccc32)[nH]1. The van der Waals surface area contributed by atoms with Gasteiger partial charge in [-0.2, -0.15) is 0 Å². The maximum atomic E-state index is 11.4. The van der Waals surface area contributed by atoms with Crippen molar-refractivity contribution in [2.45, 2.75) is 45.7 Å². The molecular weight excluding hydrogens is 472 g/mol. The number of hydroxylamine groups is 1. The zero-order valence-electron chi connectivity index (χ0n) is 20.6. The third-order valence-corrected chi connectivity index (χ3v) is 7.44. The minimum Gasteiger partial charge on any atom is -0.361 e. The molecule has 36 heavy (non-hydrogen) atoms. The van der Waals surface area contributed by atoms with Crippen molar-refractivity contribution in [3.05, 3.63) is 99.0 Å². The van der Waals surface area contributed by atoms with Crippen LogP contribution in [0.4, 0.5) is 0 Å². The van der Waals surface area contributed by atoms with Crippen LogP contribution in [0.25, 0.3) is 17.0 Å². The Morgan fingerprint density at radius 3 is 2.86 bits per heavy atom. The molecule has 2 heterocycles. The summed E-state index contributed by atoms with van der Waals surface area (Å²) in [7, 11) is 0. The number of halogens is 1. The molecule has 4 N–H and O–H groups in total. The average molecular weight is 503 g/mol. The van der Waals surface area contributed by atoms with Crippen LogP contribution in [0.3, 0.4) is 0 Å². The molecule has 1 atom stereocenters. The van der Waals surface area contributed by atoms with Gasteiger partial charge in [-0.25, -0.2) is 5.48 Å². The van der Waals surface area contributed by atoms with Gasteiger partial charge >= 0.3 is 0 Å². The minimum atomic E-state index is -0.532. The number of hydrogen-bond acceptors (Lipinski definition) is 3. The van der Waals surface area contributed by atoms with Crippen LogP contribution in [0.2, 0.25) is 5.02 Å². The standard InChI is InChI=1S/C29H31ClN4O2/c1-18-13-19(2)32-27(18)17-34(12-11-22-16-31-26-15-23(30)6-8-24(22)26)28-9-5-21-14-20(3-7-25(21)28)4-10-29(35)33-36/h3-4,6-8,10,13-16,28,31-32,36H,5,9,11-12,17H2,1-2H3,(H,33,35)/b10-4+. The van der Waals surface area contributed by atoms with Gasteiger partial charge in [-0.15, -0.1) is 0 Å². The summed E-state index contributed by atoms with van der Waals surface area (Å²) < 4.78 is 0. The number of benzene rings is 2. The summed E-state index contributed by atoms with van der Waals surface area (Å²) in [5.74, 6) is -0.532. The van der Waals surface area contributed by atoms with E-state index >= 15 is 0 Å². The highest BCUT2D eigenvalue weighted by Gasteiger charge is 2.29. The van der Waals surface area contributed by atoms with Gasteiger partial charge in [-0.05, 0) is 85.2 Å². The maximum Gasteiger partial charge on any atom is 0.267 e. The Morgan fingerprint density at radius 2 is 2.08 bits per heavy atom. The molecule has 1 aliphatic rings. The summed E-state index contributed by atoms with van der Waals surface area (Å²) in [6.07, 6.45) is 8.16. The molecule has 4 aromatic rings. The van der Waals surface area contributed by atoms with Crippen molar-refractivity contribution in [2.24, 2.45) is 0 Å². The molecule has 0 fully saturated rings. The fraction of sp³-hybridized carbons (Fsp3) is 0.276. The van der Waals surface area contributed by atoms with Crippen LogP contribution in [0, 0.1) is 13.8 Å². The molecule has 2 aromatic carbocycles. The Morgan fingerprint density at radius 1 is 1.22 bits per heavy atom. The molecule has 1 amide bonds. The van der Waals surface area contributed by atoms with Crippen LogP contribution in [-0.2, 0) is 24.2 Å². The number of carbonyl (C=O) groups excluding carboxylic acids is 1. The Labute approximate surface area is 215 Å². The molecular formula is C29H31ClN4O2. The zero-order chi connectivity index (χ0) is 25.2. The smallest absolute Gasteiger partial charge is 0.267 e. The molecule has 1 unspecified atom stereocenters. The first kappa shape index (κ1) is 24.4. The van der Waals surface area contributed by atoms with Gasteiger partial charge in [0.1, 0.15) is 0 Å². The van der Waals surface area contributed by atoms with Crippen molar-refractivity contribution in [3.8, 4) is 0 Å². The van der Waals surface area contributed by atoms with E-state index in [0.29, 0.717) is 6.04 Å². The molecule has 6 nitrogen and oxygen atoms in total. The van der Waals surface area contributed by atoms with E-state index in [0.717, 1.165) is 48.5 Å². The quantitative estimate of drug-likeness (QED) is 0.135. The summed E-state index contributed by atoms with van der Waals surface area (Å²) in [5, 5.41) is 10.7. The summed E-state index contributed by atoms with van der Waals surface area (Å²) in [4.78, 5) is 20.9. The van der Waals surface area contributed by atoms with Crippen LogP contribution in [-0.4, -0.2) is 32.5 Å². The number of hydrogen-bond donors (Lipinski definition) is 4. The largest absolute Gasteiger partial charge is 0.361 e. The summed E-state index contributed by atoms with van der Waals surface area (Å²) in [6.45, 7) is 6.06. The number of rotatable bonds is 8. The fourth-order valence-corrected chi connectivity index (χ4v) is 5.61. The van der Waals surface area contributed by atoms with E-state index in [2.05, 4.69) is 59.2 Å². The molecule has 0 radical (unpaired) electrons. The topological polar surface area (TPSA) is 84.2 Å². The molecule has 0 aliphatic heterocycles. The highest BCUT2D eigenvalue weighted by molar-refractivity contribution is 6.31. The molecule has 0 saturated carbocycles. The lowest BCUT2D eigenvalue weighted by atomic mass is 10.0. The summed E-state index contributed by atoms with van der Waals surface area (Å²) in [6, 6.07) is 15.0. The Kier molecular flexibility index (Phi) is 7.01. The number of nitrogens with zero attached hydrogens (tertiary/aromatic N) is 1. The van der Waals surface area contributed by atoms with E-state index in [4.69, 9.17) is 16.8 Å². The molecule has 0 spiro atoms. The number of aryl methyl sites for hydroxylation is 3. The Balaban J connectivity index is 1.40. The van der Waals surface area contributed by atoms with Crippen LogP contribution in [0.1, 0.15) is 51.7 Å². The van der Waals surface area contributed by atoms with E-state index in [-0.39, 0.29) is 0 Å². The molecule has 1 aliphatic carbocycles. The number of H-pyrrole nitrogens is 2. The lowest BCUT2D eigenvalue weighted by molar-refractivity contribution is -0.124. The van der Waals surface area contributed by atoms with Crippen LogP contribution < -0.4 is 5.48 Å². The molecule has 0 bridgehead atoms. The Hall–Kier alpha value is -3.32. The van der Waals surface area contributed by atoms with Crippen molar-refractivity contribution in [2.75, 3.05) is 6.54 Å². The predicted octanol–water partition coefficient (Wildman–Crippen LogP) is 6.02. The van der Waals surface area contributed by atoms with Crippen LogP contribution in [0.5, 0.6) is 0 Å². The van der Waals surface area contributed by atoms with E-state index in [1.54, 1.807) is 11.6 Å². The number of fused-ring (bicyclic) bond motifs is 2. The highest BCUT2D eigenvalue weighted by Crippen LogP contribution is 2.38. The van der Waals surface area contributed by atoms with Crippen molar-refractivity contribution in [1.29, 1.82) is 0 Å². The molecule has 5 rings (SSSR count). The maximum absolute atomic E-state index is 11.4. The Bertz CT molecular complexity index is 1430. The lowest BCUT2D eigenvalue weighted by Crippen LogP contribution is -2.29. The van der Waals surface area contributed by atoms with Crippen molar-refractivity contribution in [1.82, 2.24) is 20.3 Å². The van der Waals surface area contributed by atoms with Gasteiger partial charge < -0.3 is 9.97 Å². The van der Waals surface area contributed by atoms with E-state index in [9.17, 15) is 4.79 Å². The zero-order valence-corrected chi connectivity index (χ0v) is 21.3. The van der Waals surface area contributed by atoms with E-state index < -0.39 is 5.91 Å². The first-order valence-electron chi connectivity index (χ1n) is 12.3. The number of amides is 1. The predicted molar refractivity (Wildman–Crippen MR) is 144 cm³/mol. The van der Waals surface area contributed by atoms with E-state index in [1.165, 1.54) is 45.1 Å². The third-order valence-electron chi connectivity index (χ3n) is 7.21. The number of nitrogens with one attached hydrogen (secondary N) is 3. The van der Waals surface area contributed by atoms with Gasteiger partial charge in [0.25, 0.3) is 5.91 Å². The third kappa shape index (κ3) is 5.12. The molecule has 186 valence electrons. The second-order valence-electron chi connectivity index (χ2n) is 9.66. The van der Waals surface area contributed by atoms with Crippen molar-refractivity contribution in [3.63, 3.8) is 0 Å². The average Bonchev–Trinajstić information content (AvgIpc) is 3.56. The number of aromatic nitrogens is 2. The van der Waals surface area contributed by atoms with Gasteiger partial charge in [0.15, 0.2) is 0 Å². The lowest BCUT2D eigenvalue weighted by Gasteiger charge is -2.30. The fourth-order valence-electron chi connectivity index (χ4n) is 5.43. The van der Waals surface area contributed by atoms with Gasteiger partial charge in [-0.1, -0.05) is 35.9 Å². The summed E-state index contributed by atoms with van der Waals surface area (Å²) in [5.41, 5.74) is 11.4. The summed E-state index contributed by atoms with van der Waals surface area (Å²) >= 11 is 6.18. The molecule has 7 heteroatoms. The number of carbonyl (C=O) groups is 1. The first-order valence-corrected chi connectivity index (χ1v) is 12.7.